The van der Waals surface area contributed by atoms with Crippen molar-refractivity contribution in [3.63, 3.8) is 0 Å². The Morgan fingerprint density at radius 3 is 1.88 bits per heavy atom. The number of hydrogen-bond acceptors (Lipinski definition) is 5. The van der Waals surface area contributed by atoms with E-state index in [4.69, 9.17) is 10.1 Å². The minimum absolute atomic E-state index is 0.220. The van der Waals surface area contributed by atoms with Crippen LogP contribution in [-0.2, 0) is 19.7 Å². The number of rotatable bonds is 9. The van der Waals surface area contributed by atoms with Gasteiger partial charge < -0.3 is 0 Å². The fourth-order valence-corrected chi connectivity index (χ4v) is 10.0. The summed E-state index contributed by atoms with van der Waals surface area (Å²) in [6, 6.07) is 9.76. The molecule has 1 rings (SSSR count). The van der Waals surface area contributed by atoms with Crippen molar-refractivity contribution >= 4 is 35.5 Å². The second kappa shape index (κ2) is 10.8. The third-order valence-corrected chi connectivity index (χ3v) is 10.4. The van der Waals surface area contributed by atoms with Crippen molar-refractivity contribution in [1.29, 1.82) is 0 Å². The van der Waals surface area contributed by atoms with E-state index in [2.05, 4.69) is 0 Å². The Labute approximate surface area is 154 Å². The second-order valence-electron chi connectivity index (χ2n) is 6.20. The van der Waals surface area contributed by atoms with Gasteiger partial charge in [0.2, 0.25) is 0 Å². The van der Waals surface area contributed by atoms with Crippen LogP contribution in [0.3, 0.4) is 0 Å². The molecule has 0 saturated heterocycles. The third kappa shape index (κ3) is 7.29. The van der Waals surface area contributed by atoms with E-state index in [1.165, 1.54) is 0 Å². The molecule has 0 fully saturated rings. The second-order valence-corrected chi connectivity index (χ2v) is 13.2. The van der Waals surface area contributed by atoms with E-state index in [-0.39, 0.29) is 29.9 Å². The first-order valence-electron chi connectivity index (χ1n) is 8.42. The van der Waals surface area contributed by atoms with E-state index >= 15 is 0 Å². The van der Waals surface area contributed by atoms with Gasteiger partial charge in [0.25, 0.3) is 0 Å². The molecular weight excluding hydrogens is 501 g/mol. The molecule has 0 bridgehead atoms. The molecule has 0 radical (unpaired) electrons. The summed E-state index contributed by atoms with van der Waals surface area (Å²) in [4.78, 5) is 24.0. The zero-order chi connectivity index (χ0) is 18.1. The number of carbonyl (C=O) groups is 2. The number of ether oxygens (including phenoxy) is 1. The van der Waals surface area contributed by atoms with Crippen LogP contribution in [0, 0.1) is 11.8 Å². The molecule has 0 amide bonds. The fraction of sp³-hybridized carbons (Fsp3) is 0.556. The van der Waals surface area contributed by atoms with Crippen LogP contribution in [0.4, 0.5) is 0 Å². The average molecular weight is 528 g/mol. The summed E-state index contributed by atoms with van der Waals surface area (Å²) in [7, 11) is 0. The zero-order valence-corrected chi connectivity index (χ0v) is 19.6. The molecule has 6 heteroatoms. The van der Waals surface area contributed by atoms with Crippen molar-refractivity contribution in [2.45, 2.75) is 44.7 Å². The van der Waals surface area contributed by atoms with E-state index in [9.17, 15) is 9.59 Å². The van der Waals surface area contributed by atoms with Gasteiger partial charge in [-0.1, -0.05) is 0 Å². The fourth-order valence-electron chi connectivity index (χ4n) is 2.00. The summed E-state index contributed by atoms with van der Waals surface area (Å²) in [5, 5.41) is 0. The topological polar surface area (TPSA) is 61.8 Å². The van der Waals surface area contributed by atoms with Crippen molar-refractivity contribution in [1.82, 2.24) is 0 Å². The van der Waals surface area contributed by atoms with Gasteiger partial charge in [-0.25, -0.2) is 0 Å². The molecule has 0 saturated carbocycles. The summed E-state index contributed by atoms with van der Waals surface area (Å²) < 4.78 is 17.5. The van der Waals surface area contributed by atoms with E-state index < -0.39 is 23.6 Å². The number of carbonyl (C=O) groups excluding carboxylic acids is 2. The van der Waals surface area contributed by atoms with Gasteiger partial charge in [-0.3, -0.25) is 0 Å². The Balaban J connectivity index is 2.90. The molecule has 24 heavy (non-hydrogen) atoms. The van der Waals surface area contributed by atoms with Crippen molar-refractivity contribution in [3.05, 3.63) is 35.9 Å². The van der Waals surface area contributed by atoms with Gasteiger partial charge in [-0.15, -0.1) is 0 Å². The molecule has 0 heterocycles. The van der Waals surface area contributed by atoms with Crippen LogP contribution < -0.4 is 0 Å². The minimum atomic E-state index is -3.49. The summed E-state index contributed by atoms with van der Waals surface area (Å²) in [6.07, 6.45) is -0.220. The van der Waals surface area contributed by atoms with E-state index in [0.717, 1.165) is 5.56 Å². The SMILES string of the molecule is CCOC([CH2][Tl]([O]C(=O)C(C)C)[O]C(=O)C(C)C)c1ccccc1. The van der Waals surface area contributed by atoms with Crippen LogP contribution in [0.15, 0.2) is 30.3 Å². The standard InChI is InChI=1S/C10H13O.2C4H8O2.Tl/c1-3-11-9(2)10-7-5-4-6-8-10;2*1-3(2)4(5)6;/h4-9H,2-3H2,1H3;2*3H,1-2H3,(H,5,6);/q;;;+2/p-2. The number of benzene rings is 1. The van der Waals surface area contributed by atoms with Gasteiger partial charge in [0.05, 0.1) is 0 Å². The van der Waals surface area contributed by atoms with Gasteiger partial charge in [-0.05, 0) is 0 Å². The van der Waals surface area contributed by atoms with Crippen LogP contribution in [0.2, 0.25) is 3.98 Å². The van der Waals surface area contributed by atoms with Gasteiger partial charge >= 0.3 is 154 Å². The Hall–Kier alpha value is -0.958. The molecular formula is C18H27O5Tl. The van der Waals surface area contributed by atoms with E-state index in [1.807, 2.05) is 37.3 Å². The predicted molar refractivity (Wildman–Crippen MR) is 93.2 cm³/mol. The molecule has 0 N–H and O–H groups in total. The third-order valence-electron chi connectivity index (χ3n) is 3.38. The monoisotopic (exact) mass is 528 g/mol. The first kappa shape index (κ1) is 21.1. The Morgan fingerprint density at radius 1 is 0.958 bits per heavy atom. The Morgan fingerprint density at radius 2 is 1.46 bits per heavy atom. The van der Waals surface area contributed by atoms with Crippen LogP contribution >= 0.6 is 0 Å². The first-order valence-corrected chi connectivity index (χ1v) is 15.3. The molecule has 1 aromatic rings. The van der Waals surface area contributed by atoms with Crippen LogP contribution in [0.5, 0.6) is 0 Å². The van der Waals surface area contributed by atoms with Crippen LogP contribution in [0.25, 0.3) is 0 Å². The molecule has 1 atom stereocenters. The maximum absolute atomic E-state index is 12.0. The predicted octanol–water partition coefficient (Wildman–Crippen LogP) is 3.65. The molecule has 132 valence electrons. The molecule has 0 spiro atoms. The average Bonchev–Trinajstić information content (AvgIpc) is 2.54. The summed E-state index contributed by atoms with van der Waals surface area (Å²) in [5.74, 6) is -1.09. The quantitative estimate of drug-likeness (QED) is 0.459. The van der Waals surface area contributed by atoms with Crippen LogP contribution in [0.1, 0.15) is 46.3 Å². The summed E-state index contributed by atoms with van der Waals surface area (Å²) >= 11 is -3.49. The molecule has 0 aliphatic rings. The first-order chi connectivity index (χ1) is 11.3. The summed E-state index contributed by atoms with van der Waals surface area (Å²) in [6.45, 7) is 9.55. The van der Waals surface area contributed by atoms with Gasteiger partial charge in [0.15, 0.2) is 0 Å². The summed E-state index contributed by atoms with van der Waals surface area (Å²) in [5.41, 5.74) is 1.01. The van der Waals surface area contributed by atoms with Crippen molar-refractivity contribution in [3.8, 4) is 0 Å². The van der Waals surface area contributed by atoms with Crippen molar-refractivity contribution < 1.29 is 19.7 Å². The van der Waals surface area contributed by atoms with Gasteiger partial charge in [0.1, 0.15) is 0 Å². The van der Waals surface area contributed by atoms with Gasteiger partial charge in [0, 0.05) is 0 Å². The molecule has 1 unspecified atom stereocenters. The molecule has 5 nitrogen and oxygen atoms in total. The molecule has 0 aliphatic carbocycles. The Kier molecular flexibility index (Phi) is 9.50. The van der Waals surface area contributed by atoms with Crippen molar-refractivity contribution in [2.75, 3.05) is 6.61 Å². The van der Waals surface area contributed by atoms with Crippen LogP contribution in [-0.4, -0.2) is 42.2 Å². The molecule has 0 aromatic heterocycles. The normalized spacial score (nSPS) is 12.1. The van der Waals surface area contributed by atoms with E-state index in [0.29, 0.717) is 10.6 Å². The van der Waals surface area contributed by atoms with Gasteiger partial charge in [-0.2, -0.15) is 0 Å². The van der Waals surface area contributed by atoms with Crippen molar-refractivity contribution in [2.24, 2.45) is 11.8 Å². The maximum atomic E-state index is 12.0. The van der Waals surface area contributed by atoms with E-state index in [1.54, 1.807) is 27.7 Å². The molecule has 0 aliphatic heterocycles. The zero-order valence-electron chi connectivity index (χ0n) is 15.2. The Bertz CT molecular complexity index is 493. The number of hydrogen-bond donors (Lipinski definition) is 0. The molecule has 1 aromatic carbocycles.